The molecule has 1 aliphatic rings. The second-order valence-electron chi connectivity index (χ2n) is 5.69. The van der Waals surface area contributed by atoms with Gasteiger partial charge < -0.3 is 10.8 Å². The molecule has 0 radical (unpaired) electrons. The molecule has 1 aromatic heterocycles. The molecule has 104 valence electrons. The maximum atomic E-state index is 11.2. The van der Waals surface area contributed by atoms with Crippen molar-refractivity contribution >= 4 is 16.6 Å². The Hall–Kier alpha value is -2.39. The number of rotatable bonds is 1. The zero-order chi connectivity index (χ0) is 14.4. The monoisotopic (exact) mass is 276 g/mol. The Labute approximate surface area is 123 Å². The van der Waals surface area contributed by atoms with Crippen LogP contribution in [0.3, 0.4) is 0 Å². The van der Waals surface area contributed by atoms with Gasteiger partial charge in [-0.3, -0.25) is 4.98 Å². The van der Waals surface area contributed by atoms with E-state index in [4.69, 9.17) is 5.73 Å². The Morgan fingerprint density at radius 3 is 2.90 bits per heavy atom. The van der Waals surface area contributed by atoms with Crippen LogP contribution in [0.25, 0.3) is 10.9 Å². The molecular weight excluding hydrogens is 260 g/mol. The van der Waals surface area contributed by atoms with Gasteiger partial charge in [0.15, 0.2) is 0 Å². The van der Waals surface area contributed by atoms with E-state index in [1.54, 1.807) is 6.20 Å². The number of nitrogen functional groups attached to an aromatic ring is 1. The molecular formula is C18H16N2O. The van der Waals surface area contributed by atoms with Crippen molar-refractivity contribution in [3.63, 3.8) is 0 Å². The van der Waals surface area contributed by atoms with Crippen molar-refractivity contribution in [2.45, 2.75) is 18.4 Å². The van der Waals surface area contributed by atoms with Crippen molar-refractivity contribution < 1.29 is 5.11 Å². The lowest BCUT2D eigenvalue weighted by atomic mass is 9.87. The van der Waals surface area contributed by atoms with Crippen LogP contribution in [0.2, 0.25) is 0 Å². The first-order valence-corrected chi connectivity index (χ1v) is 7.13. The van der Waals surface area contributed by atoms with E-state index >= 15 is 0 Å². The van der Waals surface area contributed by atoms with Crippen molar-refractivity contribution in [2.24, 2.45) is 0 Å². The van der Waals surface area contributed by atoms with Crippen LogP contribution >= 0.6 is 0 Å². The molecule has 0 aliphatic heterocycles. The number of aromatic nitrogens is 1. The SMILES string of the molecule is Nc1ccc2c(c1)CCC2(O)c1ccc2cccnc2c1. The van der Waals surface area contributed by atoms with Gasteiger partial charge in [-0.15, -0.1) is 0 Å². The van der Waals surface area contributed by atoms with Crippen LogP contribution in [0.5, 0.6) is 0 Å². The van der Waals surface area contributed by atoms with E-state index < -0.39 is 5.60 Å². The number of nitrogens with zero attached hydrogens (tertiary/aromatic N) is 1. The summed E-state index contributed by atoms with van der Waals surface area (Å²) < 4.78 is 0. The molecule has 2 aromatic carbocycles. The lowest BCUT2D eigenvalue weighted by Gasteiger charge is -2.25. The van der Waals surface area contributed by atoms with E-state index in [1.165, 1.54) is 0 Å². The number of nitrogens with two attached hydrogens (primary N) is 1. The molecule has 0 saturated heterocycles. The van der Waals surface area contributed by atoms with Gasteiger partial charge in [0, 0.05) is 17.3 Å². The topological polar surface area (TPSA) is 59.1 Å². The van der Waals surface area contributed by atoms with Gasteiger partial charge >= 0.3 is 0 Å². The maximum absolute atomic E-state index is 11.2. The summed E-state index contributed by atoms with van der Waals surface area (Å²) in [6.07, 6.45) is 3.31. The van der Waals surface area contributed by atoms with E-state index in [9.17, 15) is 5.11 Å². The van der Waals surface area contributed by atoms with Crippen molar-refractivity contribution in [3.8, 4) is 0 Å². The minimum Gasteiger partial charge on any atom is -0.399 e. The van der Waals surface area contributed by atoms with E-state index in [0.29, 0.717) is 6.42 Å². The number of aryl methyl sites for hydroxylation is 1. The number of anilines is 1. The molecule has 3 N–H and O–H groups in total. The summed E-state index contributed by atoms with van der Waals surface area (Å²) in [5.74, 6) is 0. The minimum absolute atomic E-state index is 0.685. The van der Waals surface area contributed by atoms with Crippen LogP contribution in [0.15, 0.2) is 54.7 Å². The summed E-state index contributed by atoms with van der Waals surface area (Å²) >= 11 is 0. The highest BCUT2D eigenvalue weighted by molar-refractivity contribution is 5.79. The molecule has 4 rings (SSSR count). The van der Waals surface area contributed by atoms with Crippen LogP contribution in [0.4, 0.5) is 5.69 Å². The summed E-state index contributed by atoms with van der Waals surface area (Å²) in [7, 11) is 0. The molecule has 0 spiro atoms. The second-order valence-corrected chi connectivity index (χ2v) is 5.69. The third-order valence-corrected chi connectivity index (χ3v) is 4.41. The van der Waals surface area contributed by atoms with E-state index in [2.05, 4.69) is 4.98 Å². The molecule has 1 heterocycles. The van der Waals surface area contributed by atoms with Crippen LogP contribution in [-0.2, 0) is 12.0 Å². The largest absolute Gasteiger partial charge is 0.399 e. The van der Waals surface area contributed by atoms with Gasteiger partial charge in [-0.25, -0.2) is 0 Å². The Bertz CT molecular complexity index is 843. The lowest BCUT2D eigenvalue weighted by molar-refractivity contribution is 0.0831. The average Bonchev–Trinajstić information content (AvgIpc) is 2.84. The molecule has 3 aromatic rings. The van der Waals surface area contributed by atoms with Gasteiger partial charge in [0.1, 0.15) is 5.60 Å². The fourth-order valence-corrected chi connectivity index (χ4v) is 3.30. The molecule has 21 heavy (non-hydrogen) atoms. The third kappa shape index (κ3) is 1.82. The zero-order valence-electron chi connectivity index (χ0n) is 11.6. The van der Waals surface area contributed by atoms with Gasteiger partial charge in [0.25, 0.3) is 0 Å². The van der Waals surface area contributed by atoms with Crippen molar-refractivity contribution in [1.29, 1.82) is 0 Å². The van der Waals surface area contributed by atoms with E-state index in [0.717, 1.165) is 39.7 Å². The fraction of sp³-hybridized carbons (Fsp3) is 0.167. The highest BCUT2D eigenvalue weighted by atomic mass is 16.3. The summed E-state index contributed by atoms with van der Waals surface area (Å²) in [6.45, 7) is 0. The minimum atomic E-state index is -0.936. The zero-order valence-corrected chi connectivity index (χ0v) is 11.6. The van der Waals surface area contributed by atoms with Gasteiger partial charge in [0.05, 0.1) is 5.52 Å². The number of fused-ring (bicyclic) bond motifs is 2. The molecule has 3 heteroatoms. The summed E-state index contributed by atoms with van der Waals surface area (Å²) in [5, 5.41) is 12.3. The lowest BCUT2D eigenvalue weighted by Crippen LogP contribution is -2.23. The average molecular weight is 276 g/mol. The molecule has 0 amide bonds. The van der Waals surface area contributed by atoms with Gasteiger partial charge in [0.2, 0.25) is 0 Å². The maximum Gasteiger partial charge on any atom is 0.115 e. The quantitative estimate of drug-likeness (QED) is 0.672. The Morgan fingerprint density at radius 2 is 2.00 bits per heavy atom. The van der Waals surface area contributed by atoms with E-state index in [1.807, 2.05) is 48.5 Å². The standard InChI is InChI=1S/C18H16N2O/c19-15-5-6-16-13(10-15)7-8-18(16,21)14-4-3-12-2-1-9-20-17(12)11-14/h1-6,9-11,21H,7-8,19H2. The first-order valence-electron chi connectivity index (χ1n) is 7.13. The van der Waals surface area contributed by atoms with Crippen molar-refractivity contribution in [2.75, 3.05) is 5.73 Å². The summed E-state index contributed by atoms with van der Waals surface area (Å²) in [6, 6.07) is 15.7. The Balaban J connectivity index is 1.89. The van der Waals surface area contributed by atoms with Crippen LogP contribution in [0, 0.1) is 0 Å². The van der Waals surface area contributed by atoms with Gasteiger partial charge in [-0.2, -0.15) is 0 Å². The van der Waals surface area contributed by atoms with Crippen LogP contribution < -0.4 is 5.73 Å². The summed E-state index contributed by atoms with van der Waals surface area (Å²) in [4.78, 5) is 4.38. The first kappa shape index (κ1) is 12.4. The smallest absolute Gasteiger partial charge is 0.115 e. The van der Waals surface area contributed by atoms with E-state index in [-0.39, 0.29) is 0 Å². The number of pyridine rings is 1. The van der Waals surface area contributed by atoms with Gasteiger partial charge in [-0.05, 0) is 53.8 Å². The second kappa shape index (κ2) is 4.30. The number of benzene rings is 2. The third-order valence-electron chi connectivity index (χ3n) is 4.41. The fourth-order valence-electron chi connectivity index (χ4n) is 3.30. The molecule has 0 fully saturated rings. The number of hydrogen-bond acceptors (Lipinski definition) is 3. The molecule has 0 bridgehead atoms. The summed E-state index contributed by atoms with van der Waals surface area (Å²) in [5.41, 5.74) is 9.57. The normalized spacial score (nSPS) is 20.6. The Kier molecular flexibility index (Phi) is 2.53. The highest BCUT2D eigenvalue weighted by Gasteiger charge is 2.38. The number of hydrogen-bond donors (Lipinski definition) is 2. The highest BCUT2D eigenvalue weighted by Crippen LogP contribution is 2.43. The molecule has 1 atom stereocenters. The Morgan fingerprint density at radius 1 is 1.10 bits per heavy atom. The van der Waals surface area contributed by atoms with Crippen LogP contribution in [-0.4, -0.2) is 10.1 Å². The van der Waals surface area contributed by atoms with Crippen molar-refractivity contribution in [1.82, 2.24) is 4.98 Å². The molecule has 0 saturated carbocycles. The predicted molar refractivity (Wildman–Crippen MR) is 83.9 cm³/mol. The number of aliphatic hydroxyl groups is 1. The predicted octanol–water partition coefficient (Wildman–Crippen LogP) is 3.00. The molecule has 3 nitrogen and oxygen atoms in total. The van der Waals surface area contributed by atoms with Crippen LogP contribution in [0.1, 0.15) is 23.1 Å². The molecule has 1 aliphatic carbocycles. The van der Waals surface area contributed by atoms with Gasteiger partial charge in [-0.1, -0.05) is 24.3 Å². The van der Waals surface area contributed by atoms with Crippen molar-refractivity contribution in [3.05, 3.63) is 71.4 Å². The molecule has 1 unspecified atom stereocenters. The first-order chi connectivity index (χ1) is 10.2.